The van der Waals surface area contributed by atoms with Crippen LogP contribution in [0.4, 0.5) is 5.82 Å². The lowest BCUT2D eigenvalue weighted by molar-refractivity contribution is 0.534. The fraction of sp³-hybridized carbons (Fsp3) is 0.667. The lowest BCUT2D eigenvalue weighted by atomic mass is 10.4. The zero-order valence-electron chi connectivity index (χ0n) is 8.04. The minimum atomic E-state index is 0.446. The molecule has 0 bridgehead atoms. The highest BCUT2D eigenvalue weighted by Gasteiger charge is 1.99. The van der Waals surface area contributed by atoms with Crippen LogP contribution in [0, 0.1) is 0 Å². The lowest BCUT2D eigenvalue weighted by Gasteiger charge is -2.04. The van der Waals surface area contributed by atoms with E-state index in [1.807, 2.05) is 16.9 Å². The molecule has 0 saturated carbocycles. The number of anilines is 1. The normalized spacial score (nSPS) is 10.7. The smallest absolute Gasteiger partial charge is 0.147 e. The molecule has 0 saturated heterocycles. The average Bonchev–Trinajstić information content (AvgIpc) is 2.48. The Morgan fingerprint density at radius 1 is 1.58 bits per heavy atom. The topological polar surface area (TPSA) is 29.9 Å². The molecule has 3 heteroatoms. The van der Waals surface area contributed by atoms with Gasteiger partial charge in [-0.05, 0) is 20.3 Å². The summed E-state index contributed by atoms with van der Waals surface area (Å²) in [5.74, 6) is 0.977. The summed E-state index contributed by atoms with van der Waals surface area (Å²) in [7, 11) is 0. The molecule has 0 aliphatic rings. The van der Waals surface area contributed by atoms with E-state index < -0.39 is 0 Å². The summed E-state index contributed by atoms with van der Waals surface area (Å²) in [5.41, 5.74) is 0. The van der Waals surface area contributed by atoms with E-state index in [0.717, 1.165) is 18.8 Å². The van der Waals surface area contributed by atoms with Crippen molar-refractivity contribution in [3.05, 3.63) is 12.3 Å². The van der Waals surface area contributed by atoms with Gasteiger partial charge in [-0.3, -0.25) is 4.68 Å². The molecule has 0 spiro atoms. The van der Waals surface area contributed by atoms with Gasteiger partial charge in [0.2, 0.25) is 0 Å². The number of nitrogens with zero attached hydrogens (tertiary/aromatic N) is 2. The second kappa shape index (κ2) is 4.14. The molecule has 0 aromatic carbocycles. The first-order valence-corrected chi connectivity index (χ1v) is 4.53. The number of hydrogen-bond acceptors (Lipinski definition) is 2. The first kappa shape index (κ1) is 9.10. The molecule has 3 nitrogen and oxygen atoms in total. The monoisotopic (exact) mass is 167 g/mol. The van der Waals surface area contributed by atoms with Gasteiger partial charge in [-0.2, -0.15) is 5.10 Å². The maximum Gasteiger partial charge on any atom is 0.147 e. The Morgan fingerprint density at radius 2 is 2.33 bits per heavy atom. The van der Waals surface area contributed by atoms with Crippen LogP contribution in [0.2, 0.25) is 0 Å². The molecular formula is C9H17N3. The Labute approximate surface area is 73.8 Å². The van der Waals surface area contributed by atoms with Gasteiger partial charge in [-0.1, -0.05) is 6.92 Å². The minimum Gasteiger partial charge on any atom is -0.369 e. The predicted octanol–water partition coefficient (Wildman–Crippen LogP) is 2.29. The fourth-order valence-electron chi connectivity index (χ4n) is 0.973. The van der Waals surface area contributed by atoms with Crippen LogP contribution in [0.1, 0.15) is 33.2 Å². The second-order valence-corrected chi connectivity index (χ2v) is 3.20. The summed E-state index contributed by atoms with van der Waals surface area (Å²) < 4.78 is 1.96. The van der Waals surface area contributed by atoms with Gasteiger partial charge in [0.05, 0.1) is 0 Å². The van der Waals surface area contributed by atoms with Crippen molar-refractivity contribution in [3.63, 3.8) is 0 Å². The van der Waals surface area contributed by atoms with Gasteiger partial charge >= 0.3 is 0 Å². The fourth-order valence-corrected chi connectivity index (χ4v) is 0.973. The van der Waals surface area contributed by atoms with Gasteiger partial charge in [-0.25, -0.2) is 0 Å². The molecule has 1 aromatic rings. The summed E-state index contributed by atoms with van der Waals surface area (Å²) in [6.07, 6.45) is 3.14. The Hall–Kier alpha value is -0.990. The Bertz CT molecular complexity index is 227. The van der Waals surface area contributed by atoms with Crippen LogP contribution in [0.5, 0.6) is 0 Å². The van der Waals surface area contributed by atoms with Gasteiger partial charge in [0.15, 0.2) is 0 Å². The van der Waals surface area contributed by atoms with E-state index >= 15 is 0 Å². The highest BCUT2D eigenvalue weighted by Crippen LogP contribution is 2.07. The van der Waals surface area contributed by atoms with E-state index in [2.05, 4.69) is 31.2 Å². The van der Waals surface area contributed by atoms with Crippen molar-refractivity contribution < 1.29 is 0 Å². The van der Waals surface area contributed by atoms with Crippen molar-refractivity contribution in [1.29, 1.82) is 0 Å². The van der Waals surface area contributed by atoms with Crippen LogP contribution >= 0.6 is 0 Å². The van der Waals surface area contributed by atoms with Crippen LogP contribution in [0.3, 0.4) is 0 Å². The van der Waals surface area contributed by atoms with Crippen molar-refractivity contribution in [2.24, 2.45) is 0 Å². The summed E-state index contributed by atoms with van der Waals surface area (Å²) in [4.78, 5) is 0. The maximum absolute atomic E-state index is 4.35. The molecule has 1 N–H and O–H groups in total. The van der Waals surface area contributed by atoms with Gasteiger partial charge in [0.1, 0.15) is 5.82 Å². The van der Waals surface area contributed by atoms with Crippen molar-refractivity contribution in [2.45, 2.75) is 33.2 Å². The van der Waals surface area contributed by atoms with Crippen LogP contribution in [0.25, 0.3) is 0 Å². The van der Waals surface area contributed by atoms with Crippen molar-refractivity contribution in [3.8, 4) is 0 Å². The largest absolute Gasteiger partial charge is 0.369 e. The van der Waals surface area contributed by atoms with Crippen molar-refractivity contribution in [1.82, 2.24) is 9.78 Å². The Kier molecular flexibility index (Phi) is 3.14. The molecule has 1 heterocycles. The molecular weight excluding hydrogens is 150 g/mol. The maximum atomic E-state index is 4.35. The van der Waals surface area contributed by atoms with E-state index in [1.54, 1.807) is 0 Å². The second-order valence-electron chi connectivity index (χ2n) is 3.20. The standard InChI is InChI=1S/C9H17N3/c1-4-6-10-9-5-7-12(11-9)8(2)3/h5,7-8H,4,6H2,1-3H3,(H,10,11). The van der Waals surface area contributed by atoms with E-state index in [9.17, 15) is 0 Å². The SMILES string of the molecule is CCCNc1ccn(C(C)C)n1. The van der Waals surface area contributed by atoms with Gasteiger partial charge in [-0.15, -0.1) is 0 Å². The zero-order valence-corrected chi connectivity index (χ0v) is 8.04. The Morgan fingerprint density at radius 3 is 2.83 bits per heavy atom. The van der Waals surface area contributed by atoms with Crippen LogP contribution in [0.15, 0.2) is 12.3 Å². The van der Waals surface area contributed by atoms with Crippen LogP contribution in [-0.4, -0.2) is 16.3 Å². The summed E-state index contributed by atoms with van der Waals surface area (Å²) in [6, 6.07) is 2.46. The summed E-state index contributed by atoms with van der Waals surface area (Å²) in [5, 5.41) is 7.59. The highest BCUT2D eigenvalue weighted by molar-refractivity contribution is 5.31. The molecule has 0 fully saturated rings. The molecule has 12 heavy (non-hydrogen) atoms. The lowest BCUT2D eigenvalue weighted by Crippen LogP contribution is -2.04. The highest BCUT2D eigenvalue weighted by atomic mass is 15.3. The molecule has 0 aliphatic heterocycles. The third kappa shape index (κ3) is 2.26. The number of hydrogen-bond donors (Lipinski definition) is 1. The van der Waals surface area contributed by atoms with Gasteiger partial charge < -0.3 is 5.32 Å². The van der Waals surface area contributed by atoms with E-state index in [0.29, 0.717) is 6.04 Å². The number of nitrogens with one attached hydrogen (secondary N) is 1. The summed E-state index contributed by atoms with van der Waals surface area (Å²) in [6.45, 7) is 7.38. The summed E-state index contributed by atoms with van der Waals surface area (Å²) >= 11 is 0. The molecule has 1 aromatic heterocycles. The van der Waals surface area contributed by atoms with Crippen LogP contribution in [-0.2, 0) is 0 Å². The third-order valence-corrected chi connectivity index (χ3v) is 1.69. The predicted molar refractivity (Wildman–Crippen MR) is 51.4 cm³/mol. The average molecular weight is 167 g/mol. The molecule has 1 rings (SSSR count). The third-order valence-electron chi connectivity index (χ3n) is 1.69. The van der Waals surface area contributed by atoms with Gasteiger partial charge in [0.25, 0.3) is 0 Å². The van der Waals surface area contributed by atoms with E-state index in [-0.39, 0.29) is 0 Å². The first-order chi connectivity index (χ1) is 5.74. The number of aromatic nitrogens is 2. The van der Waals surface area contributed by atoms with Crippen molar-refractivity contribution in [2.75, 3.05) is 11.9 Å². The molecule has 0 amide bonds. The quantitative estimate of drug-likeness (QED) is 0.745. The number of rotatable bonds is 4. The molecule has 0 radical (unpaired) electrons. The molecule has 0 unspecified atom stereocenters. The van der Waals surface area contributed by atoms with E-state index in [4.69, 9.17) is 0 Å². The first-order valence-electron chi connectivity index (χ1n) is 4.53. The molecule has 0 aliphatic carbocycles. The zero-order chi connectivity index (χ0) is 8.97. The van der Waals surface area contributed by atoms with Crippen molar-refractivity contribution >= 4 is 5.82 Å². The molecule has 68 valence electrons. The Balaban J connectivity index is 2.52. The van der Waals surface area contributed by atoms with Crippen LogP contribution < -0.4 is 5.32 Å². The van der Waals surface area contributed by atoms with Gasteiger partial charge in [0, 0.05) is 24.8 Å². The minimum absolute atomic E-state index is 0.446. The molecule has 0 atom stereocenters. The van der Waals surface area contributed by atoms with E-state index in [1.165, 1.54) is 0 Å².